The number of hydrogen-bond donors (Lipinski definition) is 1. The fourth-order valence-corrected chi connectivity index (χ4v) is 3.89. The van der Waals surface area contributed by atoms with E-state index in [9.17, 15) is 14.4 Å². The Morgan fingerprint density at radius 2 is 1.96 bits per heavy atom. The predicted molar refractivity (Wildman–Crippen MR) is 103 cm³/mol. The predicted octanol–water partition coefficient (Wildman–Crippen LogP) is 1.41. The molecule has 2 aliphatic heterocycles. The molecule has 2 fully saturated rings. The smallest absolute Gasteiger partial charge is 0.251 e. The molecule has 2 heterocycles. The number of fused-ring (bicyclic) bond motifs is 1. The van der Waals surface area contributed by atoms with E-state index in [2.05, 4.69) is 5.32 Å². The van der Waals surface area contributed by atoms with Crippen LogP contribution >= 0.6 is 0 Å². The van der Waals surface area contributed by atoms with Crippen LogP contribution in [0.2, 0.25) is 0 Å². The average molecular weight is 388 g/mol. The van der Waals surface area contributed by atoms with E-state index in [-0.39, 0.29) is 42.3 Å². The summed E-state index contributed by atoms with van der Waals surface area (Å²) >= 11 is 0. The molecule has 1 aromatic rings. The lowest BCUT2D eigenvalue weighted by molar-refractivity contribution is -0.138. The third-order valence-electron chi connectivity index (χ3n) is 5.18. The maximum absolute atomic E-state index is 13.4. The first kappa shape index (κ1) is 20.5. The van der Waals surface area contributed by atoms with Gasteiger partial charge in [0.15, 0.2) is 5.78 Å². The number of carbonyl (C=O) groups excluding carboxylic acids is 3. The van der Waals surface area contributed by atoms with Crippen LogP contribution in [-0.4, -0.2) is 67.1 Å². The van der Waals surface area contributed by atoms with Gasteiger partial charge >= 0.3 is 0 Å². The standard InChI is InChI=1S/C21H28N2O5/c1-21(2,3)10-14(22-19(25)13-8-6-5-7-9-13)20(26)23-11-16(27-4)18-17(23)15(24)12-28-18/h5-9,14,16-18H,10-12H2,1-4H3,(H,22,25)/t14-,16+,17+,18+/m0/s1. The quantitative estimate of drug-likeness (QED) is 0.825. The Bertz CT molecular complexity index is 743. The largest absolute Gasteiger partial charge is 0.377 e. The summed E-state index contributed by atoms with van der Waals surface area (Å²) in [6, 6.07) is 7.40. The number of Topliss-reactive ketones (excluding diaryl/α,β-unsaturated/α-hetero) is 1. The van der Waals surface area contributed by atoms with Gasteiger partial charge in [-0.2, -0.15) is 0 Å². The zero-order valence-corrected chi connectivity index (χ0v) is 16.8. The van der Waals surface area contributed by atoms with Crippen molar-refractivity contribution in [3.63, 3.8) is 0 Å². The van der Waals surface area contributed by atoms with Crippen LogP contribution in [-0.2, 0) is 19.1 Å². The van der Waals surface area contributed by atoms with E-state index >= 15 is 0 Å². The van der Waals surface area contributed by atoms with Gasteiger partial charge in [0.05, 0.1) is 6.54 Å². The van der Waals surface area contributed by atoms with Crippen LogP contribution in [0.15, 0.2) is 30.3 Å². The molecule has 7 nitrogen and oxygen atoms in total. The molecule has 0 bridgehead atoms. The van der Waals surface area contributed by atoms with Gasteiger partial charge in [-0.25, -0.2) is 0 Å². The molecule has 7 heteroatoms. The number of likely N-dealkylation sites (tertiary alicyclic amines) is 1. The second-order valence-corrected chi connectivity index (χ2v) is 8.61. The lowest BCUT2D eigenvalue weighted by Gasteiger charge is -2.31. The second-order valence-electron chi connectivity index (χ2n) is 8.61. The summed E-state index contributed by atoms with van der Waals surface area (Å²) in [4.78, 5) is 39.9. The van der Waals surface area contributed by atoms with Crippen molar-refractivity contribution in [1.82, 2.24) is 10.2 Å². The number of ether oxygens (including phenoxy) is 2. The third kappa shape index (κ3) is 4.25. The minimum Gasteiger partial charge on any atom is -0.377 e. The Kier molecular flexibility index (Phi) is 5.86. The second kappa shape index (κ2) is 8.01. The van der Waals surface area contributed by atoms with Gasteiger partial charge in [0.2, 0.25) is 5.91 Å². The molecule has 152 valence electrons. The van der Waals surface area contributed by atoms with Gasteiger partial charge in [0.25, 0.3) is 5.91 Å². The topological polar surface area (TPSA) is 84.9 Å². The number of nitrogens with zero attached hydrogens (tertiary/aromatic N) is 1. The molecule has 2 amide bonds. The normalized spacial score (nSPS) is 25.5. The van der Waals surface area contributed by atoms with E-state index in [1.165, 1.54) is 4.90 Å². The van der Waals surface area contributed by atoms with E-state index in [0.717, 1.165) is 0 Å². The Hall–Kier alpha value is -2.25. The first-order valence-electron chi connectivity index (χ1n) is 9.55. The molecule has 2 aliphatic rings. The summed E-state index contributed by atoms with van der Waals surface area (Å²) < 4.78 is 11.0. The van der Waals surface area contributed by atoms with Crippen LogP contribution in [0.1, 0.15) is 37.6 Å². The Morgan fingerprint density at radius 3 is 2.57 bits per heavy atom. The highest BCUT2D eigenvalue weighted by molar-refractivity contribution is 5.99. The van der Waals surface area contributed by atoms with Crippen molar-refractivity contribution in [2.75, 3.05) is 20.3 Å². The monoisotopic (exact) mass is 388 g/mol. The molecule has 1 N–H and O–H groups in total. The maximum Gasteiger partial charge on any atom is 0.251 e. The van der Waals surface area contributed by atoms with E-state index in [4.69, 9.17) is 9.47 Å². The summed E-state index contributed by atoms with van der Waals surface area (Å²) in [7, 11) is 1.55. The summed E-state index contributed by atoms with van der Waals surface area (Å²) in [6.45, 7) is 6.29. The highest BCUT2D eigenvalue weighted by Gasteiger charge is 2.53. The molecular weight excluding hydrogens is 360 g/mol. The zero-order chi connectivity index (χ0) is 20.5. The molecule has 3 rings (SSSR count). The van der Waals surface area contributed by atoms with Crippen LogP contribution in [0.5, 0.6) is 0 Å². The number of rotatable bonds is 5. The van der Waals surface area contributed by atoms with Crippen LogP contribution in [0, 0.1) is 5.41 Å². The number of carbonyl (C=O) groups is 3. The van der Waals surface area contributed by atoms with Gasteiger partial charge in [-0.05, 0) is 24.0 Å². The molecule has 0 unspecified atom stereocenters. The summed E-state index contributed by atoms with van der Waals surface area (Å²) in [5.74, 6) is -0.703. The van der Waals surface area contributed by atoms with Crippen molar-refractivity contribution >= 4 is 17.6 Å². The lowest BCUT2D eigenvalue weighted by atomic mass is 9.87. The van der Waals surface area contributed by atoms with Gasteiger partial charge in [0, 0.05) is 12.7 Å². The minimum atomic E-state index is -0.739. The minimum absolute atomic E-state index is 0.0146. The van der Waals surface area contributed by atoms with Crippen LogP contribution in [0.4, 0.5) is 0 Å². The van der Waals surface area contributed by atoms with Crippen molar-refractivity contribution in [1.29, 1.82) is 0 Å². The molecule has 1 aromatic carbocycles. The van der Waals surface area contributed by atoms with Gasteiger partial charge in [-0.1, -0.05) is 39.0 Å². The van der Waals surface area contributed by atoms with Crippen molar-refractivity contribution in [3.8, 4) is 0 Å². The molecule has 0 saturated carbocycles. The van der Waals surface area contributed by atoms with Gasteiger partial charge in [-0.3, -0.25) is 14.4 Å². The van der Waals surface area contributed by atoms with Gasteiger partial charge in [-0.15, -0.1) is 0 Å². The van der Waals surface area contributed by atoms with Crippen molar-refractivity contribution < 1.29 is 23.9 Å². The van der Waals surface area contributed by atoms with E-state index in [1.54, 1.807) is 31.4 Å². The SMILES string of the molecule is CO[C@@H]1CN(C(=O)[C@H](CC(C)(C)C)NC(=O)c2ccccc2)[C@@H]2C(=O)CO[C@@H]21. The van der Waals surface area contributed by atoms with Crippen molar-refractivity contribution in [2.45, 2.75) is 51.5 Å². The maximum atomic E-state index is 13.4. The fraction of sp³-hybridized carbons (Fsp3) is 0.571. The van der Waals surface area contributed by atoms with Crippen molar-refractivity contribution in [2.24, 2.45) is 5.41 Å². The molecule has 0 spiro atoms. The number of nitrogens with one attached hydrogen (secondary N) is 1. The number of amides is 2. The number of hydrogen-bond acceptors (Lipinski definition) is 5. The van der Waals surface area contributed by atoms with Crippen LogP contribution in [0.25, 0.3) is 0 Å². The molecule has 0 aromatic heterocycles. The Labute approximate surface area is 165 Å². The van der Waals surface area contributed by atoms with Gasteiger partial charge in [0.1, 0.15) is 30.9 Å². The number of ketones is 1. The van der Waals surface area contributed by atoms with Crippen molar-refractivity contribution in [3.05, 3.63) is 35.9 Å². The summed E-state index contributed by atoms with van der Waals surface area (Å²) in [5.41, 5.74) is 0.295. The molecule has 2 saturated heterocycles. The van der Waals surface area contributed by atoms with Crippen LogP contribution in [0.3, 0.4) is 0 Å². The molecule has 0 radical (unpaired) electrons. The summed E-state index contributed by atoms with van der Waals surface area (Å²) in [5, 5.41) is 2.87. The first-order chi connectivity index (χ1) is 13.2. The van der Waals surface area contributed by atoms with Gasteiger partial charge < -0.3 is 19.7 Å². The average Bonchev–Trinajstić information content (AvgIpc) is 3.21. The molecular formula is C21H28N2O5. The van der Waals surface area contributed by atoms with E-state index < -0.39 is 18.2 Å². The lowest BCUT2D eigenvalue weighted by Crippen LogP contribution is -2.53. The first-order valence-corrected chi connectivity index (χ1v) is 9.55. The van der Waals surface area contributed by atoms with Crippen LogP contribution < -0.4 is 5.32 Å². The number of benzene rings is 1. The Morgan fingerprint density at radius 1 is 1.29 bits per heavy atom. The molecule has 28 heavy (non-hydrogen) atoms. The molecule has 4 atom stereocenters. The third-order valence-corrected chi connectivity index (χ3v) is 5.18. The zero-order valence-electron chi connectivity index (χ0n) is 16.8. The van der Waals surface area contributed by atoms with E-state index in [0.29, 0.717) is 12.0 Å². The Balaban J connectivity index is 1.82. The highest BCUT2D eigenvalue weighted by Crippen LogP contribution is 2.31. The fourth-order valence-electron chi connectivity index (χ4n) is 3.89. The van der Waals surface area contributed by atoms with E-state index in [1.807, 2.05) is 26.8 Å². The highest BCUT2D eigenvalue weighted by atomic mass is 16.5. The number of methoxy groups -OCH3 is 1. The molecule has 0 aliphatic carbocycles. The summed E-state index contributed by atoms with van der Waals surface area (Å²) in [6.07, 6.45) is -0.340.